The molecule has 5 heteroatoms. The van der Waals surface area contributed by atoms with Crippen LogP contribution in [-0.2, 0) is 6.42 Å². The van der Waals surface area contributed by atoms with Gasteiger partial charge in [-0.15, -0.1) is 0 Å². The van der Waals surface area contributed by atoms with Gasteiger partial charge in [0.15, 0.2) is 5.78 Å². The molecule has 0 aliphatic heterocycles. The Hall–Kier alpha value is -1.33. The summed E-state index contributed by atoms with van der Waals surface area (Å²) >= 11 is 0. The van der Waals surface area contributed by atoms with Gasteiger partial charge in [-0.25, -0.2) is 0 Å². The minimum Gasteiger partial charge on any atom is -0.375 e. The van der Waals surface area contributed by atoms with Crippen LogP contribution >= 0.6 is 0 Å². The van der Waals surface area contributed by atoms with E-state index in [0.29, 0.717) is 6.42 Å². The first-order valence-electron chi connectivity index (χ1n) is 5.45. The van der Waals surface area contributed by atoms with Gasteiger partial charge in [-0.05, 0) is 20.2 Å². The molecule has 0 fully saturated rings. The quantitative estimate of drug-likeness (QED) is 0.556. The highest BCUT2D eigenvalue weighted by Crippen LogP contribution is 2.28. The number of Topliss-reactive ketones (excluding diaryl/α,β-unsaturated/α-hetero) is 1. The molecule has 1 aliphatic carbocycles. The minimum absolute atomic E-state index is 0.169. The standard InChI is InChI=1S/C11H18N4O/c1-12-10-4-7-8(15-10)5-11(13-2,14-3)6-9(7)16/h4,12-15H,5-6H2,1-3H3. The van der Waals surface area contributed by atoms with Crippen molar-refractivity contribution in [2.45, 2.75) is 18.5 Å². The molecule has 0 radical (unpaired) electrons. The first-order chi connectivity index (χ1) is 7.64. The highest BCUT2D eigenvalue weighted by atomic mass is 16.1. The fourth-order valence-corrected chi connectivity index (χ4v) is 2.23. The third kappa shape index (κ3) is 1.62. The lowest BCUT2D eigenvalue weighted by molar-refractivity contribution is 0.0903. The third-order valence-corrected chi connectivity index (χ3v) is 3.37. The predicted molar refractivity (Wildman–Crippen MR) is 63.8 cm³/mol. The van der Waals surface area contributed by atoms with Crippen molar-refractivity contribution in [3.05, 3.63) is 17.3 Å². The van der Waals surface area contributed by atoms with Gasteiger partial charge in [-0.3, -0.25) is 4.79 Å². The van der Waals surface area contributed by atoms with Crippen molar-refractivity contribution in [1.29, 1.82) is 0 Å². The van der Waals surface area contributed by atoms with Crippen LogP contribution in [-0.4, -0.2) is 37.6 Å². The summed E-state index contributed by atoms with van der Waals surface area (Å²) in [4.78, 5) is 15.2. The van der Waals surface area contributed by atoms with Gasteiger partial charge in [-0.2, -0.15) is 0 Å². The zero-order valence-corrected chi connectivity index (χ0v) is 9.90. The summed E-state index contributed by atoms with van der Waals surface area (Å²) in [6.45, 7) is 0. The van der Waals surface area contributed by atoms with E-state index in [9.17, 15) is 4.79 Å². The van der Waals surface area contributed by atoms with Gasteiger partial charge >= 0.3 is 0 Å². The van der Waals surface area contributed by atoms with E-state index in [4.69, 9.17) is 0 Å². The van der Waals surface area contributed by atoms with E-state index in [1.807, 2.05) is 27.2 Å². The molecule has 5 nitrogen and oxygen atoms in total. The average molecular weight is 222 g/mol. The van der Waals surface area contributed by atoms with Crippen molar-refractivity contribution < 1.29 is 4.79 Å². The molecule has 0 aromatic carbocycles. The van der Waals surface area contributed by atoms with Crippen molar-refractivity contribution in [2.24, 2.45) is 0 Å². The van der Waals surface area contributed by atoms with Gasteiger partial charge in [0.05, 0.1) is 5.66 Å². The highest BCUT2D eigenvalue weighted by Gasteiger charge is 2.37. The minimum atomic E-state index is -0.319. The van der Waals surface area contributed by atoms with E-state index in [2.05, 4.69) is 20.9 Å². The Morgan fingerprint density at radius 3 is 2.50 bits per heavy atom. The van der Waals surface area contributed by atoms with Gasteiger partial charge in [0.25, 0.3) is 0 Å². The Labute approximate surface area is 95.0 Å². The summed E-state index contributed by atoms with van der Waals surface area (Å²) in [7, 11) is 5.58. The van der Waals surface area contributed by atoms with Gasteiger partial charge < -0.3 is 20.9 Å². The topological polar surface area (TPSA) is 69.0 Å². The van der Waals surface area contributed by atoms with Crippen LogP contribution in [0.5, 0.6) is 0 Å². The van der Waals surface area contributed by atoms with Crippen LogP contribution in [0.1, 0.15) is 22.5 Å². The van der Waals surface area contributed by atoms with Crippen LogP contribution in [0.15, 0.2) is 6.07 Å². The Kier molecular flexibility index (Phi) is 2.73. The van der Waals surface area contributed by atoms with Crippen molar-refractivity contribution >= 4 is 11.6 Å². The number of H-pyrrole nitrogens is 1. The van der Waals surface area contributed by atoms with Gasteiger partial charge in [0.1, 0.15) is 5.82 Å². The van der Waals surface area contributed by atoms with Crippen LogP contribution < -0.4 is 16.0 Å². The molecule has 0 spiro atoms. The first-order valence-corrected chi connectivity index (χ1v) is 5.45. The predicted octanol–water partition coefficient (Wildman–Crippen LogP) is 0.320. The highest BCUT2D eigenvalue weighted by molar-refractivity contribution is 6.00. The van der Waals surface area contributed by atoms with E-state index < -0.39 is 0 Å². The maximum absolute atomic E-state index is 12.0. The molecule has 2 rings (SSSR count). The number of likely N-dealkylation sites (N-methyl/N-ethyl adjacent to an activating group) is 2. The normalized spacial score (nSPS) is 18.3. The number of fused-ring (bicyclic) bond motifs is 1. The average Bonchev–Trinajstić information content (AvgIpc) is 2.72. The van der Waals surface area contributed by atoms with E-state index in [-0.39, 0.29) is 11.4 Å². The van der Waals surface area contributed by atoms with Crippen LogP contribution in [0, 0.1) is 0 Å². The number of nitrogens with one attached hydrogen (secondary N) is 4. The van der Waals surface area contributed by atoms with Crippen LogP contribution in [0.2, 0.25) is 0 Å². The van der Waals surface area contributed by atoms with E-state index in [0.717, 1.165) is 23.5 Å². The molecular formula is C11H18N4O. The first kappa shape index (κ1) is 11.2. The number of aromatic nitrogens is 1. The number of ketones is 1. The second-order valence-corrected chi connectivity index (χ2v) is 4.18. The summed E-state index contributed by atoms with van der Waals surface area (Å²) in [5.74, 6) is 1.06. The fourth-order valence-electron chi connectivity index (χ4n) is 2.23. The number of rotatable bonds is 3. The summed E-state index contributed by atoms with van der Waals surface area (Å²) in [6, 6.07) is 1.88. The molecule has 1 heterocycles. The molecule has 0 saturated heterocycles. The van der Waals surface area contributed by atoms with Crippen molar-refractivity contribution in [3.63, 3.8) is 0 Å². The number of anilines is 1. The zero-order valence-electron chi connectivity index (χ0n) is 9.90. The molecule has 1 aromatic rings. The second kappa shape index (κ2) is 3.92. The van der Waals surface area contributed by atoms with Gasteiger partial charge in [0, 0.05) is 31.1 Å². The fraction of sp³-hybridized carbons (Fsp3) is 0.545. The van der Waals surface area contributed by atoms with E-state index >= 15 is 0 Å². The number of carbonyl (C=O) groups is 1. The second-order valence-electron chi connectivity index (χ2n) is 4.18. The molecule has 0 saturated carbocycles. The molecule has 88 valence electrons. The molecule has 1 aromatic heterocycles. The van der Waals surface area contributed by atoms with Crippen LogP contribution in [0.4, 0.5) is 5.82 Å². The number of hydrogen-bond donors (Lipinski definition) is 4. The largest absolute Gasteiger partial charge is 0.375 e. The Morgan fingerprint density at radius 2 is 1.94 bits per heavy atom. The van der Waals surface area contributed by atoms with Gasteiger partial charge in [0.2, 0.25) is 0 Å². The SMILES string of the molecule is CNc1cc2c([nH]1)CC(NC)(NC)CC2=O. The maximum Gasteiger partial charge on any atom is 0.167 e. The number of aromatic amines is 1. The lowest BCUT2D eigenvalue weighted by Crippen LogP contribution is -2.58. The van der Waals surface area contributed by atoms with Crippen LogP contribution in [0.3, 0.4) is 0 Å². The lowest BCUT2D eigenvalue weighted by atomic mass is 9.87. The molecule has 1 aliphatic rings. The zero-order chi connectivity index (χ0) is 11.8. The smallest absolute Gasteiger partial charge is 0.167 e. The van der Waals surface area contributed by atoms with Crippen molar-refractivity contribution in [1.82, 2.24) is 15.6 Å². The Bertz CT molecular complexity index is 406. The van der Waals surface area contributed by atoms with Crippen LogP contribution in [0.25, 0.3) is 0 Å². The van der Waals surface area contributed by atoms with Gasteiger partial charge in [-0.1, -0.05) is 0 Å². The molecular weight excluding hydrogens is 204 g/mol. The Balaban J connectivity index is 2.38. The molecule has 4 N–H and O–H groups in total. The molecule has 16 heavy (non-hydrogen) atoms. The summed E-state index contributed by atoms with van der Waals surface area (Å²) in [5.41, 5.74) is 1.48. The monoisotopic (exact) mass is 222 g/mol. The number of hydrogen-bond acceptors (Lipinski definition) is 4. The molecule has 0 amide bonds. The van der Waals surface area contributed by atoms with Crippen molar-refractivity contribution in [3.8, 4) is 0 Å². The molecule has 0 atom stereocenters. The van der Waals surface area contributed by atoms with E-state index in [1.54, 1.807) is 0 Å². The van der Waals surface area contributed by atoms with Crippen molar-refractivity contribution in [2.75, 3.05) is 26.5 Å². The lowest BCUT2D eigenvalue weighted by Gasteiger charge is -2.35. The Morgan fingerprint density at radius 1 is 1.25 bits per heavy atom. The molecule has 0 bridgehead atoms. The third-order valence-electron chi connectivity index (χ3n) is 3.37. The molecule has 0 unspecified atom stereocenters. The van der Waals surface area contributed by atoms with E-state index in [1.165, 1.54) is 0 Å². The number of carbonyl (C=O) groups excluding carboxylic acids is 1. The summed E-state index contributed by atoms with van der Waals surface area (Å²) in [5, 5.41) is 9.41. The maximum atomic E-state index is 12.0. The summed E-state index contributed by atoms with van der Waals surface area (Å²) in [6.07, 6.45) is 1.26. The summed E-state index contributed by atoms with van der Waals surface area (Å²) < 4.78 is 0.